The molecule has 0 aliphatic heterocycles. The number of esters is 1. The number of benzene rings is 1. The Morgan fingerprint density at radius 3 is 2.36 bits per heavy atom. The lowest BCUT2D eigenvalue weighted by molar-refractivity contribution is -0.150. The first-order chi connectivity index (χ1) is 10.4. The summed E-state index contributed by atoms with van der Waals surface area (Å²) in [5, 5.41) is 0. The number of ether oxygens (including phenoxy) is 1. The first-order valence-corrected chi connectivity index (χ1v) is 8.95. The summed E-state index contributed by atoms with van der Waals surface area (Å²) in [5.74, 6) is -0.350. The molecule has 5 nitrogen and oxygen atoms in total. The van der Waals surface area contributed by atoms with Crippen LogP contribution in [0.4, 0.5) is 0 Å². The number of hydrogen-bond donors (Lipinski definition) is 0. The fourth-order valence-corrected chi connectivity index (χ4v) is 2.75. The van der Waals surface area contributed by atoms with E-state index in [0.717, 1.165) is 18.4 Å². The first-order valence-electron chi connectivity index (χ1n) is 7.54. The Bertz CT molecular complexity index is 563. The molecule has 22 heavy (non-hydrogen) atoms. The van der Waals surface area contributed by atoms with Gasteiger partial charge in [0.1, 0.15) is 12.7 Å². The average molecular weight is 328 g/mol. The molecular formula is C16H24O5S. The van der Waals surface area contributed by atoms with Gasteiger partial charge in [0, 0.05) is 6.42 Å². The standard InChI is InChI=1S/C16H24O5S/c1-4-6-7-14(21-16(17)5-2)12-20-22(18,19)15-10-8-13(3)9-11-15/h8-11,14H,4-7,12H2,1-3H3. The Labute approximate surface area is 132 Å². The highest BCUT2D eigenvalue weighted by Crippen LogP contribution is 2.15. The zero-order chi connectivity index (χ0) is 16.6. The summed E-state index contributed by atoms with van der Waals surface area (Å²) >= 11 is 0. The third kappa shape index (κ3) is 6.15. The largest absolute Gasteiger partial charge is 0.460 e. The average Bonchev–Trinajstić information content (AvgIpc) is 2.50. The predicted molar refractivity (Wildman–Crippen MR) is 84.0 cm³/mol. The minimum atomic E-state index is -3.83. The number of aryl methyl sites for hydroxylation is 1. The van der Waals surface area contributed by atoms with E-state index in [4.69, 9.17) is 8.92 Å². The van der Waals surface area contributed by atoms with Crippen LogP contribution in [0.25, 0.3) is 0 Å². The van der Waals surface area contributed by atoms with Gasteiger partial charge in [-0.3, -0.25) is 8.98 Å². The quantitative estimate of drug-likeness (QED) is 0.514. The molecule has 1 atom stereocenters. The second kappa shape index (κ2) is 8.90. The number of carbonyl (C=O) groups excluding carboxylic acids is 1. The summed E-state index contributed by atoms with van der Waals surface area (Å²) in [5.41, 5.74) is 0.969. The number of rotatable bonds is 9. The molecule has 124 valence electrons. The lowest BCUT2D eigenvalue weighted by Gasteiger charge is -2.17. The van der Waals surface area contributed by atoms with E-state index in [1.54, 1.807) is 19.1 Å². The van der Waals surface area contributed by atoms with Crippen molar-refractivity contribution >= 4 is 16.1 Å². The summed E-state index contributed by atoms with van der Waals surface area (Å²) in [6.07, 6.45) is 2.09. The molecule has 1 rings (SSSR count). The molecule has 1 aromatic rings. The van der Waals surface area contributed by atoms with Crippen LogP contribution in [0.5, 0.6) is 0 Å². The van der Waals surface area contributed by atoms with Gasteiger partial charge in [-0.05, 0) is 31.9 Å². The van der Waals surface area contributed by atoms with Gasteiger partial charge in [-0.25, -0.2) is 0 Å². The zero-order valence-electron chi connectivity index (χ0n) is 13.4. The Hall–Kier alpha value is -1.40. The summed E-state index contributed by atoms with van der Waals surface area (Å²) in [7, 11) is -3.83. The van der Waals surface area contributed by atoms with Crippen LogP contribution in [0.1, 0.15) is 45.1 Å². The van der Waals surface area contributed by atoms with E-state index in [-0.39, 0.29) is 23.9 Å². The van der Waals surface area contributed by atoms with Crippen LogP contribution in [0, 0.1) is 6.92 Å². The van der Waals surface area contributed by atoms with Gasteiger partial charge in [-0.1, -0.05) is 38.0 Å². The van der Waals surface area contributed by atoms with Crippen molar-refractivity contribution in [1.29, 1.82) is 0 Å². The Kier molecular flexibility index (Phi) is 7.55. The van der Waals surface area contributed by atoms with Crippen molar-refractivity contribution in [2.24, 2.45) is 0 Å². The van der Waals surface area contributed by atoms with E-state index in [1.807, 2.05) is 13.8 Å². The Balaban J connectivity index is 2.69. The maximum Gasteiger partial charge on any atom is 0.305 e. The van der Waals surface area contributed by atoms with Crippen LogP contribution in [0.3, 0.4) is 0 Å². The molecule has 0 heterocycles. The van der Waals surface area contributed by atoms with Crippen molar-refractivity contribution in [2.45, 2.75) is 57.5 Å². The summed E-state index contributed by atoms with van der Waals surface area (Å²) < 4.78 is 34.5. The van der Waals surface area contributed by atoms with Crippen molar-refractivity contribution in [3.8, 4) is 0 Å². The number of carbonyl (C=O) groups is 1. The van der Waals surface area contributed by atoms with Gasteiger partial charge in [-0.2, -0.15) is 8.42 Å². The smallest absolute Gasteiger partial charge is 0.305 e. The van der Waals surface area contributed by atoms with E-state index in [9.17, 15) is 13.2 Å². The monoisotopic (exact) mass is 328 g/mol. The summed E-state index contributed by atoms with van der Waals surface area (Å²) in [6.45, 7) is 5.44. The van der Waals surface area contributed by atoms with Crippen molar-refractivity contribution in [1.82, 2.24) is 0 Å². The molecule has 6 heteroatoms. The maximum atomic E-state index is 12.1. The van der Waals surface area contributed by atoms with Gasteiger partial charge in [-0.15, -0.1) is 0 Å². The van der Waals surface area contributed by atoms with E-state index < -0.39 is 16.2 Å². The summed E-state index contributed by atoms with van der Waals surface area (Å²) in [6, 6.07) is 6.43. The van der Waals surface area contributed by atoms with Crippen LogP contribution >= 0.6 is 0 Å². The van der Waals surface area contributed by atoms with Gasteiger partial charge in [0.15, 0.2) is 0 Å². The molecular weight excluding hydrogens is 304 g/mol. The SMILES string of the molecule is CCCCC(COS(=O)(=O)c1ccc(C)cc1)OC(=O)CC. The van der Waals surface area contributed by atoms with Gasteiger partial charge < -0.3 is 4.74 Å². The Morgan fingerprint density at radius 2 is 1.82 bits per heavy atom. The van der Waals surface area contributed by atoms with Crippen LogP contribution in [0.2, 0.25) is 0 Å². The normalized spacial score (nSPS) is 12.9. The van der Waals surface area contributed by atoms with Crippen LogP contribution < -0.4 is 0 Å². The lowest BCUT2D eigenvalue weighted by atomic mass is 10.2. The fraction of sp³-hybridized carbons (Fsp3) is 0.562. The molecule has 0 radical (unpaired) electrons. The van der Waals surface area contributed by atoms with E-state index in [2.05, 4.69) is 0 Å². The van der Waals surface area contributed by atoms with Crippen molar-refractivity contribution in [3.63, 3.8) is 0 Å². The van der Waals surface area contributed by atoms with E-state index in [1.165, 1.54) is 12.1 Å². The molecule has 1 aromatic carbocycles. The summed E-state index contributed by atoms with van der Waals surface area (Å²) in [4.78, 5) is 11.5. The van der Waals surface area contributed by atoms with Crippen molar-refractivity contribution in [2.75, 3.05) is 6.61 Å². The molecule has 0 aliphatic rings. The van der Waals surface area contributed by atoms with Gasteiger partial charge in [0.2, 0.25) is 0 Å². The van der Waals surface area contributed by atoms with Crippen LogP contribution in [-0.2, 0) is 23.8 Å². The Morgan fingerprint density at radius 1 is 1.18 bits per heavy atom. The number of unbranched alkanes of at least 4 members (excludes halogenated alkanes) is 1. The minimum Gasteiger partial charge on any atom is -0.460 e. The molecule has 0 N–H and O–H groups in total. The molecule has 0 saturated carbocycles. The molecule has 0 spiro atoms. The molecule has 0 saturated heterocycles. The molecule has 0 aromatic heterocycles. The van der Waals surface area contributed by atoms with Gasteiger partial charge in [0.05, 0.1) is 4.90 Å². The number of hydrogen-bond acceptors (Lipinski definition) is 5. The molecule has 0 fully saturated rings. The molecule has 0 amide bonds. The van der Waals surface area contributed by atoms with Gasteiger partial charge in [0.25, 0.3) is 10.1 Å². The third-order valence-electron chi connectivity index (χ3n) is 3.19. The molecule has 0 aliphatic carbocycles. The second-order valence-corrected chi connectivity index (χ2v) is 6.77. The minimum absolute atomic E-state index is 0.106. The van der Waals surface area contributed by atoms with Crippen LogP contribution in [-0.4, -0.2) is 27.1 Å². The highest BCUT2D eigenvalue weighted by atomic mass is 32.2. The highest BCUT2D eigenvalue weighted by molar-refractivity contribution is 7.86. The second-order valence-electron chi connectivity index (χ2n) is 5.16. The fourth-order valence-electron chi connectivity index (χ4n) is 1.82. The lowest BCUT2D eigenvalue weighted by Crippen LogP contribution is -2.25. The van der Waals surface area contributed by atoms with Crippen LogP contribution in [0.15, 0.2) is 29.2 Å². The predicted octanol–water partition coefficient (Wildman–Crippen LogP) is 3.21. The first kappa shape index (κ1) is 18.6. The van der Waals surface area contributed by atoms with E-state index in [0.29, 0.717) is 6.42 Å². The van der Waals surface area contributed by atoms with Crippen molar-refractivity contribution in [3.05, 3.63) is 29.8 Å². The van der Waals surface area contributed by atoms with E-state index >= 15 is 0 Å². The maximum absolute atomic E-state index is 12.1. The molecule has 1 unspecified atom stereocenters. The molecule has 0 bridgehead atoms. The highest BCUT2D eigenvalue weighted by Gasteiger charge is 2.20. The zero-order valence-corrected chi connectivity index (χ0v) is 14.2. The third-order valence-corrected chi connectivity index (χ3v) is 4.48. The van der Waals surface area contributed by atoms with Crippen molar-refractivity contribution < 1.29 is 22.1 Å². The topological polar surface area (TPSA) is 69.7 Å². The van der Waals surface area contributed by atoms with Gasteiger partial charge >= 0.3 is 5.97 Å².